The van der Waals surface area contributed by atoms with Crippen LogP contribution in [0.5, 0.6) is 11.8 Å². The van der Waals surface area contributed by atoms with Crippen molar-refractivity contribution in [2.75, 3.05) is 0 Å². The maximum absolute atomic E-state index is 13.1. The first-order chi connectivity index (χ1) is 8.56. The molecule has 0 saturated heterocycles. The van der Waals surface area contributed by atoms with E-state index in [1.54, 1.807) is 6.92 Å². The number of rotatable bonds is 3. The zero-order chi connectivity index (χ0) is 13.1. The van der Waals surface area contributed by atoms with E-state index in [9.17, 15) is 9.18 Å². The van der Waals surface area contributed by atoms with Gasteiger partial charge in [0.05, 0.1) is 0 Å². The van der Waals surface area contributed by atoms with E-state index in [0.717, 1.165) is 23.8 Å². The number of ether oxygens (including phenoxy) is 1. The standard InChI is InChI=1S/C12H9FN2O3/c1-7-5-14-12(15-6-7)18-10-4-8(13)2-3-9(10)11(16)17/h2-6H,1H3,(H,16,17). The van der Waals surface area contributed by atoms with Gasteiger partial charge in [-0.05, 0) is 24.6 Å². The van der Waals surface area contributed by atoms with Gasteiger partial charge in [-0.3, -0.25) is 0 Å². The molecule has 0 unspecified atom stereocenters. The number of aromatic nitrogens is 2. The van der Waals surface area contributed by atoms with E-state index >= 15 is 0 Å². The fraction of sp³-hybridized carbons (Fsp3) is 0.0833. The van der Waals surface area contributed by atoms with Crippen LogP contribution in [-0.2, 0) is 0 Å². The second-order valence-electron chi connectivity index (χ2n) is 3.59. The van der Waals surface area contributed by atoms with Crippen LogP contribution in [0.2, 0.25) is 0 Å². The maximum atomic E-state index is 13.1. The fourth-order valence-electron chi connectivity index (χ4n) is 1.29. The van der Waals surface area contributed by atoms with Gasteiger partial charge in [-0.15, -0.1) is 0 Å². The third kappa shape index (κ3) is 2.60. The van der Waals surface area contributed by atoms with Crippen LogP contribution < -0.4 is 4.74 Å². The zero-order valence-corrected chi connectivity index (χ0v) is 9.42. The highest BCUT2D eigenvalue weighted by molar-refractivity contribution is 5.90. The smallest absolute Gasteiger partial charge is 0.339 e. The molecule has 0 saturated carbocycles. The molecule has 2 aromatic rings. The monoisotopic (exact) mass is 248 g/mol. The molecule has 0 bridgehead atoms. The third-order valence-corrected chi connectivity index (χ3v) is 2.13. The lowest BCUT2D eigenvalue weighted by molar-refractivity contribution is 0.0694. The normalized spacial score (nSPS) is 10.1. The molecule has 6 heteroatoms. The summed E-state index contributed by atoms with van der Waals surface area (Å²) in [7, 11) is 0. The first-order valence-electron chi connectivity index (χ1n) is 5.05. The van der Waals surface area contributed by atoms with E-state index < -0.39 is 11.8 Å². The highest BCUT2D eigenvalue weighted by Crippen LogP contribution is 2.24. The van der Waals surface area contributed by atoms with Crippen LogP contribution in [-0.4, -0.2) is 21.0 Å². The topological polar surface area (TPSA) is 72.3 Å². The molecular weight excluding hydrogens is 239 g/mol. The second-order valence-corrected chi connectivity index (χ2v) is 3.59. The van der Waals surface area contributed by atoms with Crippen molar-refractivity contribution in [3.8, 4) is 11.8 Å². The van der Waals surface area contributed by atoms with Gasteiger partial charge in [0, 0.05) is 18.5 Å². The molecule has 1 N–H and O–H groups in total. The number of carboxylic acids is 1. The summed E-state index contributed by atoms with van der Waals surface area (Å²) in [5.74, 6) is -1.94. The second kappa shape index (κ2) is 4.79. The summed E-state index contributed by atoms with van der Waals surface area (Å²) in [6, 6.07) is 3.12. The highest BCUT2D eigenvalue weighted by atomic mass is 19.1. The van der Waals surface area contributed by atoms with Crippen molar-refractivity contribution in [3.05, 3.63) is 47.5 Å². The van der Waals surface area contributed by atoms with Crippen LogP contribution in [0.1, 0.15) is 15.9 Å². The first kappa shape index (κ1) is 12.0. The number of carboxylic acid groups (broad SMARTS) is 1. The molecule has 0 aliphatic heterocycles. The minimum absolute atomic E-state index is 0.0336. The molecule has 1 aromatic heterocycles. The molecule has 0 amide bonds. The molecule has 0 radical (unpaired) electrons. The van der Waals surface area contributed by atoms with Crippen LogP contribution in [0.4, 0.5) is 4.39 Å². The number of aryl methyl sites for hydroxylation is 1. The quantitative estimate of drug-likeness (QED) is 0.902. The SMILES string of the molecule is Cc1cnc(Oc2cc(F)ccc2C(=O)O)nc1. The predicted molar refractivity (Wildman–Crippen MR) is 60.2 cm³/mol. The molecule has 18 heavy (non-hydrogen) atoms. The number of aromatic carboxylic acids is 1. The maximum Gasteiger partial charge on any atom is 0.339 e. The van der Waals surface area contributed by atoms with Crippen LogP contribution in [0.25, 0.3) is 0 Å². The average Bonchev–Trinajstić information content (AvgIpc) is 2.32. The van der Waals surface area contributed by atoms with Gasteiger partial charge in [-0.2, -0.15) is 0 Å². The minimum Gasteiger partial charge on any atom is -0.478 e. The number of hydrogen-bond donors (Lipinski definition) is 1. The fourth-order valence-corrected chi connectivity index (χ4v) is 1.29. The molecule has 2 rings (SSSR count). The molecule has 0 spiro atoms. The van der Waals surface area contributed by atoms with Crippen LogP contribution in [0, 0.1) is 12.7 Å². The molecule has 0 fully saturated rings. The van der Waals surface area contributed by atoms with Gasteiger partial charge in [-0.1, -0.05) is 0 Å². The molecule has 5 nitrogen and oxygen atoms in total. The zero-order valence-electron chi connectivity index (χ0n) is 9.42. The summed E-state index contributed by atoms with van der Waals surface area (Å²) < 4.78 is 18.2. The van der Waals surface area contributed by atoms with Crippen molar-refractivity contribution in [3.63, 3.8) is 0 Å². The summed E-state index contributed by atoms with van der Waals surface area (Å²) in [5, 5.41) is 8.94. The first-order valence-corrected chi connectivity index (χ1v) is 5.05. The molecule has 1 heterocycles. The minimum atomic E-state index is -1.21. The van der Waals surface area contributed by atoms with Crippen LogP contribution >= 0.6 is 0 Å². The lowest BCUT2D eigenvalue weighted by Gasteiger charge is -2.06. The van der Waals surface area contributed by atoms with Gasteiger partial charge >= 0.3 is 12.0 Å². The summed E-state index contributed by atoms with van der Waals surface area (Å²) in [6.07, 6.45) is 3.03. The number of carbonyl (C=O) groups is 1. The lowest BCUT2D eigenvalue weighted by atomic mass is 10.2. The summed E-state index contributed by atoms with van der Waals surface area (Å²) >= 11 is 0. The number of hydrogen-bond acceptors (Lipinski definition) is 4. The van der Waals surface area contributed by atoms with Crippen molar-refractivity contribution in [2.45, 2.75) is 6.92 Å². The van der Waals surface area contributed by atoms with E-state index in [1.807, 2.05) is 0 Å². The Hall–Kier alpha value is -2.50. The van der Waals surface area contributed by atoms with Gasteiger partial charge in [0.2, 0.25) is 0 Å². The van der Waals surface area contributed by atoms with E-state index in [2.05, 4.69) is 9.97 Å². The van der Waals surface area contributed by atoms with E-state index in [0.29, 0.717) is 0 Å². The molecule has 0 aliphatic rings. The summed E-state index contributed by atoms with van der Waals surface area (Å²) in [5.41, 5.74) is 0.681. The van der Waals surface area contributed by atoms with E-state index in [1.165, 1.54) is 12.4 Å². The van der Waals surface area contributed by atoms with Crippen molar-refractivity contribution in [1.82, 2.24) is 9.97 Å². The van der Waals surface area contributed by atoms with Crippen LogP contribution in [0.3, 0.4) is 0 Å². The Morgan fingerprint density at radius 2 is 2.00 bits per heavy atom. The molecule has 1 aromatic carbocycles. The summed E-state index contributed by atoms with van der Waals surface area (Å²) in [4.78, 5) is 18.6. The summed E-state index contributed by atoms with van der Waals surface area (Å²) in [6.45, 7) is 1.80. The molecule has 92 valence electrons. The lowest BCUT2D eigenvalue weighted by Crippen LogP contribution is -2.02. The van der Waals surface area contributed by atoms with Gasteiger partial charge in [0.25, 0.3) is 0 Å². The van der Waals surface area contributed by atoms with E-state index in [-0.39, 0.29) is 17.3 Å². The Morgan fingerprint density at radius 3 is 2.61 bits per heavy atom. The molecular formula is C12H9FN2O3. The largest absolute Gasteiger partial charge is 0.478 e. The highest BCUT2D eigenvalue weighted by Gasteiger charge is 2.14. The van der Waals surface area contributed by atoms with Gasteiger partial charge in [0.15, 0.2) is 0 Å². The third-order valence-electron chi connectivity index (χ3n) is 2.13. The Balaban J connectivity index is 2.35. The van der Waals surface area contributed by atoms with Crippen molar-refractivity contribution in [1.29, 1.82) is 0 Å². The molecule has 0 atom stereocenters. The van der Waals surface area contributed by atoms with Crippen molar-refractivity contribution in [2.24, 2.45) is 0 Å². The average molecular weight is 248 g/mol. The van der Waals surface area contributed by atoms with Gasteiger partial charge in [0.1, 0.15) is 17.1 Å². The van der Waals surface area contributed by atoms with Gasteiger partial charge in [-0.25, -0.2) is 19.2 Å². The Labute approximate surface area is 102 Å². The van der Waals surface area contributed by atoms with E-state index in [4.69, 9.17) is 9.84 Å². The van der Waals surface area contributed by atoms with Crippen molar-refractivity contribution < 1.29 is 19.0 Å². The van der Waals surface area contributed by atoms with Gasteiger partial charge < -0.3 is 9.84 Å². The predicted octanol–water partition coefficient (Wildman–Crippen LogP) is 2.41. The Morgan fingerprint density at radius 1 is 1.33 bits per heavy atom. The number of benzene rings is 1. The van der Waals surface area contributed by atoms with Crippen LogP contribution in [0.15, 0.2) is 30.6 Å². The molecule has 0 aliphatic carbocycles. The van der Waals surface area contributed by atoms with Crippen molar-refractivity contribution >= 4 is 5.97 Å². The number of nitrogens with zero attached hydrogens (tertiary/aromatic N) is 2. The number of halogens is 1. The Bertz CT molecular complexity index is 584. The Kier molecular flexibility index (Phi) is 3.18.